The van der Waals surface area contributed by atoms with E-state index in [1.165, 1.54) is 263 Å². The summed E-state index contributed by atoms with van der Waals surface area (Å²) in [5.41, 5.74) is 0. The molecular formula is C61H116O5. The van der Waals surface area contributed by atoms with Crippen LogP contribution in [0.15, 0.2) is 24.3 Å². The van der Waals surface area contributed by atoms with Crippen LogP contribution < -0.4 is 0 Å². The van der Waals surface area contributed by atoms with Gasteiger partial charge in [-0.15, -0.1) is 0 Å². The SMILES string of the molecule is CCCCCCCC/C=C\CCCCCCCC(=O)OCC(CO)OC(=O)CCCCCCCCCCCCCCCCCCCCCCCCCCC/C=C\CCCCCCCCCC. The van der Waals surface area contributed by atoms with E-state index in [0.717, 1.165) is 44.9 Å². The number of aliphatic hydroxyl groups excluding tert-OH is 1. The van der Waals surface area contributed by atoms with E-state index in [1.807, 2.05) is 0 Å². The first-order chi connectivity index (χ1) is 32.6. The third-order valence-corrected chi connectivity index (χ3v) is 13.7. The van der Waals surface area contributed by atoms with Gasteiger partial charge in [0.15, 0.2) is 6.10 Å². The van der Waals surface area contributed by atoms with Crippen LogP contribution in [0.25, 0.3) is 0 Å². The molecule has 0 aliphatic heterocycles. The van der Waals surface area contributed by atoms with E-state index in [-0.39, 0.29) is 25.2 Å². The molecule has 0 spiro atoms. The zero-order chi connectivity index (χ0) is 47.7. The normalized spacial score (nSPS) is 12.2. The van der Waals surface area contributed by atoms with Crippen molar-refractivity contribution in [3.63, 3.8) is 0 Å². The molecule has 0 bridgehead atoms. The third-order valence-electron chi connectivity index (χ3n) is 13.7. The quantitative estimate of drug-likeness (QED) is 0.0374. The number of aliphatic hydroxyl groups is 1. The Morgan fingerprint density at radius 3 is 0.818 bits per heavy atom. The molecule has 0 aromatic heterocycles. The second-order valence-corrected chi connectivity index (χ2v) is 20.4. The highest BCUT2D eigenvalue weighted by Crippen LogP contribution is 2.18. The van der Waals surface area contributed by atoms with E-state index in [2.05, 4.69) is 38.2 Å². The standard InChI is InChI=1S/C61H116O5/c1-3-5-7-9-11-13-15-17-19-20-21-22-23-24-25-26-27-28-29-30-31-32-33-34-35-36-37-38-39-40-42-44-46-48-50-52-54-56-61(64)66-59(57-62)58-65-60(63)55-53-51-49-47-45-43-41-18-16-14-12-10-8-6-4-2/h18,20-21,41,59,62H,3-17,19,22-40,42-58H2,1-2H3/b21-20-,41-18-. The largest absolute Gasteiger partial charge is 0.462 e. The molecule has 0 aliphatic rings. The topological polar surface area (TPSA) is 72.8 Å². The molecule has 1 N–H and O–H groups in total. The summed E-state index contributed by atoms with van der Waals surface area (Å²) in [5.74, 6) is -0.583. The molecule has 1 unspecified atom stereocenters. The van der Waals surface area contributed by atoms with E-state index in [4.69, 9.17) is 9.47 Å². The fourth-order valence-electron chi connectivity index (χ4n) is 9.20. The van der Waals surface area contributed by atoms with E-state index in [0.29, 0.717) is 12.8 Å². The lowest BCUT2D eigenvalue weighted by molar-refractivity contribution is -0.161. The van der Waals surface area contributed by atoms with Crippen molar-refractivity contribution < 1.29 is 24.2 Å². The molecule has 0 saturated carbocycles. The van der Waals surface area contributed by atoms with Crippen LogP contribution in [0.1, 0.15) is 335 Å². The third kappa shape index (κ3) is 55.0. The number of unbranched alkanes of at least 4 members (excludes halogenated alkanes) is 44. The van der Waals surface area contributed by atoms with Crippen LogP contribution in [0.2, 0.25) is 0 Å². The monoisotopic (exact) mass is 929 g/mol. The molecule has 5 nitrogen and oxygen atoms in total. The van der Waals surface area contributed by atoms with E-state index in [1.54, 1.807) is 0 Å². The van der Waals surface area contributed by atoms with Crippen molar-refractivity contribution in [2.75, 3.05) is 13.2 Å². The zero-order valence-corrected chi connectivity index (χ0v) is 44.7. The maximum atomic E-state index is 12.3. The summed E-state index contributed by atoms with van der Waals surface area (Å²) in [6.07, 6.45) is 73.3. The number of carbonyl (C=O) groups excluding carboxylic acids is 2. The molecule has 0 heterocycles. The molecule has 0 aliphatic carbocycles. The van der Waals surface area contributed by atoms with Gasteiger partial charge in [0.1, 0.15) is 6.61 Å². The van der Waals surface area contributed by atoms with Crippen molar-refractivity contribution in [2.24, 2.45) is 0 Å². The number of carbonyl (C=O) groups is 2. The summed E-state index contributed by atoms with van der Waals surface area (Å²) in [5, 5.41) is 9.63. The van der Waals surface area contributed by atoms with Crippen LogP contribution in [0.3, 0.4) is 0 Å². The van der Waals surface area contributed by atoms with Crippen LogP contribution >= 0.6 is 0 Å². The van der Waals surface area contributed by atoms with Gasteiger partial charge in [0, 0.05) is 12.8 Å². The Labute approximate surface area is 413 Å². The Kier molecular flexibility index (Phi) is 56.3. The van der Waals surface area contributed by atoms with Crippen LogP contribution in [0.4, 0.5) is 0 Å². The highest BCUT2D eigenvalue weighted by atomic mass is 16.6. The highest BCUT2D eigenvalue weighted by molar-refractivity contribution is 5.70. The van der Waals surface area contributed by atoms with Crippen LogP contribution in [-0.4, -0.2) is 36.4 Å². The zero-order valence-electron chi connectivity index (χ0n) is 44.7. The highest BCUT2D eigenvalue weighted by Gasteiger charge is 2.16. The molecule has 5 heteroatoms. The van der Waals surface area contributed by atoms with Gasteiger partial charge in [-0.1, -0.05) is 282 Å². The van der Waals surface area contributed by atoms with Gasteiger partial charge in [-0.3, -0.25) is 9.59 Å². The van der Waals surface area contributed by atoms with Crippen molar-refractivity contribution in [1.29, 1.82) is 0 Å². The minimum absolute atomic E-state index is 0.0646. The average Bonchev–Trinajstić information content (AvgIpc) is 3.32. The molecule has 0 aromatic carbocycles. The molecule has 1 atom stereocenters. The maximum absolute atomic E-state index is 12.3. The van der Waals surface area contributed by atoms with Crippen molar-refractivity contribution >= 4 is 11.9 Å². The molecule has 390 valence electrons. The van der Waals surface area contributed by atoms with Gasteiger partial charge in [0.2, 0.25) is 0 Å². The second kappa shape index (κ2) is 57.7. The number of hydrogen-bond acceptors (Lipinski definition) is 5. The predicted molar refractivity (Wildman–Crippen MR) is 288 cm³/mol. The minimum atomic E-state index is -0.771. The van der Waals surface area contributed by atoms with Crippen LogP contribution in [0.5, 0.6) is 0 Å². The van der Waals surface area contributed by atoms with Gasteiger partial charge < -0.3 is 14.6 Å². The molecule has 0 radical (unpaired) electrons. The van der Waals surface area contributed by atoms with Crippen molar-refractivity contribution in [2.45, 2.75) is 341 Å². The summed E-state index contributed by atoms with van der Waals surface area (Å²) in [6.45, 7) is 4.17. The first-order valence-electron chi connectivity index (χ1n) is 29.9. The van der Waals surface area contributed by atoms with Crippen molar-refractivity contribution in [1.82, 2.24) is 0 Å². The number of allylic oxidation sites excluding steroid dienone is 4. The Morgan fingerprint density at radius 2 is 0.561 bits per heavy atom. The number of ether oxygens (including phenoxy) is 2. The van der Waals surface area contributed by atoms with E-state index in [9.17, 15) is 14.7 Å². The lowest BCUT2D eigenvalue weighted by Gasteiger charge is -2.15. The smallest absolute Gasteiger partial charge is 0.306 e. The van der Waals surface area contributed by atoms with Crippen LogP contribution in [-0.2, 0) is 19.1 Å². The maximum Gasteiger partial charge on any atom is 0.306 e. The van der Waals surface area contributed by atoms with Gasteiger partial charge in [-0.2, -0.15) is 0 Å². The summed E-state index contributed by atoms with van der Waals surface area (Å²) in [6, 6.07) is 0. The molecular weight excluding hydrogens is 813 g/mol. The fourth-order valence-corrected chi connectivity index (χ4v) is 9.20. The van der Waals surface area contributed by atoms with E-state index >= 15 is 0 Å². The average molecular weight is 930 g/mol. The Hall–Kier alpha value is -1.62. The number of esters is 2. The van der Waals surface area contributed by atoms with Crippen molar-refractivity contribution in [3.05, 3.63) is 24.3 Å². The minimum Gasteiger partial charge on any atom is -0.462 e. The summed E-state index contributed by atoms with van der Waals surface area (Å²) in [7, 11) is 0. The first-order valence-corrected chi connectivity index (χ1v) is 29.9. The van der Waals surface area contributed by atoms with Gasteiger partial charge in [0.25, 0.3) is 0 Å². The van der Waals surface area contributed by atoms with Gasteiger partial charge >= 0.3 is 11.9 Å². The molecule has 0 fully saturated rings. The van der Waals surface area contributed by atoms with Gasteiger partial charge in [-0.05, 0) is 64.2 Å². The predicted octanol–water partition coefficient (Wildman–Crippen LogP) is 20.1. The second-order valence-electron chi connectivity index (χ2n) is 20.4. The van der Waals surface area contributed by atoms with Gasteiger partial charge in [-0.25, -0.2) is 0 Å². The van der Waals surface area contributed by atoms with Crippen molar-refractivity contribution in [3.8, 4) is 0 Å². The fraction of sp³-hybridized carbons (Fsp3) is 0.902. The summed E-state index contributed by atoms with van der Waals surface area (Å²) < 4.78 is 10.7. The Balaban J connectivity index is 3.36. The van der Waals surface area contributed by atoms with Gasteiger partial charge in [0.05, 0.1) is 6.61 Å². The molecule has 0 saturated heterocycles. The Morgan fingerprint density at radius 1 is 0.333 bits per heavy atom. The summed E-state index contributed by atoms with van der Waals surface area (Å²) in [4.78, 5) is 24.5. The van der Waals surface area contributed by atoms with Crippen LogP contribution in [0, 0.1) is 0 Å². The lowest BCUT2D eigenvalue weighted by Crippen LogP contribution is -2.28. The summed E-state index contributed by atoms with van der Waals surface area (Å²) >= 11 is 0. The number of rotatable bonds is 56. The molecule has 0 rings (SSSR count). The van der Waals surface area contributed by atoms with E-state index < -0.39 is 6.10 Å². The molecule has 66 heavy (non-hydrogen) atoms. The molecule has 0 amide bonds. The molecule has 0 aromatic rings. The first kappa shape index (κ1) is 64.4. The lowest BCUT2D eigenvalue weighted by atomic mass is 10.0. The Bertz CT molecular complexity index is 1010. The number of hydrogen-bond donors (Lipinski definition) is 1.